The van der Waals surface area contributed by atoms with Gasteiger partial charge in [0.2, 0.25) is 0 Å². The minimum atomic E-state index is 0.748. The Morgan fingerprint density at radius 1 is 1.47 bits per heavy atom. The van der Waals surface area contributed by atoms with Crippen molar-refractivity contribution in [3.63, 3.8) is 0 Å². The Labute approximate surface area is 109 Å². The molecule has 0 N–H and O–H groups in total. The summed E-state index contributed by atoms with van der Waals surface area (Å²) < 4.78 is 1.21. The van der Waals surface area contributed by atoms with Crippen LogP contribution in [-0.2, 0) is 6.54 Å². The van der Waals surface area contributed by atoms with Gasteiger partial charge in [0.25, 0.3) is 0 Å². The molecule has 1 aliphatic rings. The molecule has 1 aliphatic heterocycles. The Kier molecular flexibility index (Phi) is 4.50. The van der Waals surface area contributed by atoms with Crippen molar-refractivity contribution in [3.05, 3.63) is 20.8 Å². The molecule has 15 heavy (non-hydrogen) atoms. The van der Waals surface area contributed by atoms with E-state index in [1.165, 1.54) is 35.3 Å². The van der Waals surface area contributed by atoms with Gasteiger partial charge in [-0.05, 0) is 53.8 Å². The predicted octanol–water partition coefficient (Wildman–Crippen LogP) is 3.96. The highest BCUT2D eigenvalue weighted by Gasteiger charge is 2.18. The van der Waals surface area contributed by atoms with Crippen molar-refractivity contribution < 1.29 is 0 Å². The Hall–Kier alpha value is 0.430. The molecule has 1 fully saturated rings. The van der Waals surface area contributed by atoms with Crippen LogP contribution in [0.25, 0.3) is 0 Å². The van der Waals surface area contributed by atoms with Crippen LogP contribution in [0, 0.1) is 5.92 Å². The monoisotopic (exact) mass is 307 g/mol. The van der Waals surface area contributed by atoms with Crippen LogP contribution in [0.3, 0.4) is 0 Å². The van der Waals surface area contributed by atoms with Gasteiger partial charge >= 0.3 is 0 Å². The zero-order valence-corrected chi connectivity index (χ0v) is 11.7. The van der Waals surface area contributed by atoms with Crippen LogP contribution in [-0.4, -0.2) is 23.9 Å². The summed E-state index contributed by atoms with van der Waals surface area (Å²) in [5.41, 5.74) is 0. The minimum Gasteiger partial charge on any atom is -0.298 e. The highest BCUT2D eigenvalue weighted by molar-refractivity contribution is 9.10. The van der Waals surface area contributed by atoms with E-state index in [0.717, 1.165) is 18.3 Å². The van der Waals surface area contributed by atoms with Crippen molar-refractivity contribution in [3.8, 4) is 0 Å². The fourth-order valence-corrected chi connectivity index (χ4v) is 3.76. The zero-order chi connectivity index (χ0) is 10.7. The first-order chi connectivity index (χ1) is 7.28. The van der Waals surface area contributed by atoms with Crippen LogP contribution in [0.1, 0.15) is 17.7 Å². The number of halogens is 2. The average molecular weight is 309 g/mol. The smallest absolute Gasteiger partial charge is 0.0328 e. The number of rotatable bonds is 3. The average Bonchev–Trinajstić information content (AvgIpc) is 2.65. The van der Waals surface area contributed by atoms with Gasteiger partial charge in [-0.1, -0.05) is 0 Å². The van der Waals surface area contributed by atoms with E-state index in [1.54, 1.807) is 0 Å². The molecule has 0 unspecified atom stereocenters. The van der Waals surface area contributed by atoms with E-state index in [4.69, 9.17) is 11.6 Å². The molecule has 0 aliphatic carbocycles. The molecule has 84 valence electrons. The minimum absolute atomic E-state index is 0.748. The van der Waals surface area contributed by atoms with Crippen molar-refractivity contribution in [1.82, 2.24) is 4.90 Å². The zero-order valence-electron chi connectivity index (χ0n) is 8.59. The van der Waals surface area contributed by atoms with E-state index in [-0.39, 0.29) is 0 Å². The van der Waals surface area contributed by atoms with Crippen LogP contribution in [0.4, 0.5) is 0 Å². The van der Waals surface area contributed by atoms with Gasteiger partial charge in [-0.15, -0.1) is 22.9 Å². The first kappa shape index (κ1) is 11.9. The first-order valence-electron chi connectivity index (χ1n) is 5.29. The molecule has 0 atom stereocenters. The first-order valence-corrected chi connectivity index (χ1v) is 7.50. The quantitative estimate of drug-likeness (QED) is 0.764. The lowest BCUT2D eigenvalue weighted by atomic mass is 9.99. The molecule has 2 heterocycles. The largest absolute Gasteiger partial charge is 0.298 e. The standard InChI is InChI=1S/C11H15BrClNS/c12-10-5-11(15-8-10)7-14-3-1-9(6-13)2-4-14/h5,8-9H,1-4,6-7H2. The van der Waals surface area contributed by atoms with Crippen molar-refractivity contribution in [2.45, 2.75) is 19.4 Å². The summed E-state index contributed by atoms with van der Waals surface area (Å²) in [6, 6.07) is 2.22. The Morgan fingerprint density at radius 2 is 2.20 bits per heavy atom. The number of piperidine rings is 1. The second-order valence-electron chi connectivity index (χ2n) is 4.11. The van der Waals surface area contributed by atoms with Crippen molar-refractivity contribution in [2.75, 3.05) is 19.0 Å². The molecule has 1 aromatic heterocycles. The van der Waals surface area contributed by atoms with E-state index in [9.17, 15) is 0 Å². The molecule has 0 bridgehead atoms. The van der Waals surface area contributed by atoms with E-state index in [2.05, 4.69) is 32.3 Å². The third-order valence-electron chi connectivity index (χ3n) is 2.93. The normalized spacial score (nSPS) is 19.6. The SMILES string of the molecule is ClCC1CCN(Cc2cc(Br)cs2)CC1. The maximum absolute atomic E-state index is 5.87. The van der Waals surface area contributed by atoms with E-state index in [1.807, 2.05) is 11.3 Å². The van der Waals surface area contributed by atoms with Gasteiger partial charge in [-0.2, -0.15) is 0 Å². The maximum atomic E-state index is 5.87. The van der Waals surface area contributed by atoms with Crippen LogP contribution in [0.5, 0.6) is 0 Å². The van der Waals surface area contributed by atoms with Gasteiger partial charge in [0.1, 0.15) is 0 Å². The van der Waals surface area contributed by atoms with Crippen LogP contribution in [0.15, 0.2) is 15.9 Å². The lowest BCUT2D eigenvalue weighted by molar-refractivity contribution is 0.188. The van der Waals surface area contributed by atoms with Gasteiger partial charge in [0.15, 0.2) is 0 Å². The Morgan fingerprint density at radius 3 is 2.73 bits per heavy atom. The van der Waals surface area contributed by atoms with E-state index in [0.29, 0.717) is 0 Å². The maximum Gasteiger partial charge on any atom is 0.0328 e. The summed E-state index contributed by atoms with van der Waals surface area (Å²) in [5.74, 6) is 1.58. The lowest BCUT2D eigenvalue weighted by Crippen LogP contribution is -2.33. The number of likely N-dealkylation sites (tertiary alicyclic amines) is 1. The number of alkyl halides is 1. The summed E-state index contributed by atoms with van der Waals surface area (Å²) in [5, 5.41) is 2.15. The second kappa shape index (κ2) is 5.67. The van der Waals surface area contributed by atoms with Crippen LogP contribution in [0.2, 0.25) is 0 Å². The summed E-state index contributed by atoms with van der Waals surface area (Å²) in [4.78, 5) is 3.98. The van der Waals surface area contributed by atoms with Gasteiger partial charge in [-0.25, -0.2) is 0 Å². The Bertz CT molecular complexity index is 307. The predicted molar refractivity (Wildman–Crippen MR) is 70.7 cm³/mol. The molecule has 0 aromatic carbocycles. The van der Waals surface area contributed by atoms with Crippen molar-refractivity contribution in [1.29, 1.82) is 0 Å². The molecule has 0 spiro atoms. The molecular formula is C11H15BrClNS. The number of nitrogens with zero attached hydrogens (tertiary/aromatic N) is 1. The highest BCUT2D eigenvalue weighted by Crippen LogP contribution is 2.24. The molecular weight excluding hydrogens is 294 g/mol. The number of hydrogen-bond donors (Lipinski definition) is 0. The summed E-state index contributed by atoms with van der Waals surface area (Å²) in [6.07, 6.45) is 2.52. The third kappa shape index (κ3) is 3.45. The van der Waals surface area contributed by atoms with Gasteiger partial charge in [-0.3, -0.25) is 4.90 Å². The third-order valence-corrected chi connectivity index (χ3v) is 5.05. The molecule has 0 amide bonds. The molecule has 2 rings (SSSR count). The van der Waals surface area contributed by atoms with E-state index < -0.39 is 0 Å². The van der Waals surface area contributed by atoms with Gasteiger partial charge in [0, 0.05) is 27.2 Å². The second-order valence-corrected chi connectivity index (χ2v) is 6.33. The molecule has 1 saturated heterocycles. The highest BCUT2D eigenvalue weighted by atomic mass is 79.9. The van der Waals surface area contributed by atoms with Crippen LogP contribution < -0.4 is 0 Å². The summed E-state index contributed by atoms with van der Waals surface area (Å²) >= 11 is 11.2. The lowest BCUT2D eigenvalue weighted by Gasteiger charge is -2.30. The fourth-order valence-electron chi connectivity index (χ4n) is 1.96. The number of thiophene rings is 1. The number of hydrogen-bond acceptors (Lipinski definition) is 2. The van der Waals surface area contributed by atoms with E-state index >= 15 is 0 Å². The van der Waals surface area contributed by atoms with Gasteiger partial charge in [0.05, 0.1) is 0 Å². The topological polar surface area (TPSA) is 3.24 Å². The van der Waals surface area contributed by atoms with Gasteiger partial charge < -0.3 is 0 Å². The summed E-state index contributed by atoms with van der Waals surface area (Å²) in [6.45, 7) is 3.51. The molecule has 0 radical (unpaired) electrons. The molecule has 1 aromatic rings. The Balaban J connectivity index is 1.82. The van der Waals surface area contributed by atoms with Crippen molar-refractivity contribution >= 4 is 38.9 Å². The summed E-state index contributed by atoms with van der Waals surface area (Å²) in [7, 11) is 0. The molecule has 4 heteroatoms. The van der Waals surface area contributed by atoms with Crippen molar-refractivity contribution in [2.24, 2.45) is 5.92 Å². The molecule has 1 nitrogen and oxygen atoms in total. The molecule has 0 saturated carbocycles. The fraction of sp³-hybridized carbons (Fsp3) is 0.636. The van der Waals surface area contributed by atoms with Crippen LogP contribution >= 0.6 is 38.9 Å².